The molecule has 0 fully saturated rings. The molecule has 1 amide bonds. The summed E-state index contributed by atoms with van der Waals surface area (Å²) in [5, 5.41) is 0. The summed E-state index contributed by atoms with van der Waals surface area (Å²) >= 11 is 1.62. The van der Waals surface area contributed by atoms with Gasteiger partial charge in [-0.1, -0.05) is 6.92 Å². The summed E-state index contributed by atoms with van der Waals surface area (Å²) in [6.07, 6.45) is 3.62. The zero-order chi connectivity index (χ0) is 15.4. The van der Waals surface area contributed by atoms with Crippen molar-refractivity contribution >= 4 is 23.2 Å². The maximum atomic E-state index is 12.6. The number of fused-ring (bicyclic) bond motifs is 1. The minimum absolute atomic E-state index is 0.0356. The molecule has 0 saturated heterocycles. The fraction of sp³-hybridized carbons (Fsp3) is 0.625. The number of ether oxygens (including phenoxy) is 1. The molecule has 1 aromatic heterocycles. The molecule has 1 aromatic rings. The number of hydrogen-bond acceptors (Lipinski definition) is 4. The Balaban J connectivity index is 2.05. The molecule has 5 heteroatoms. The smallest absolute Gasteiger partial charge is 0.307 e. The first-order chi connectivity index (χ1) is 10.0. The first kappa shape index (κ1) is 16.0. The summed E-state index contributed by atoms with van der Waals surface area (Å²) in [5.41, 5.74) is 1.34. The topological polar surface area (TPSA) is 46.6 Å². The lowest BCUT2D eigenvalue weighted by Gasteiger charge is -2.19. The van der Waals surface area contributed by atoms with Gasteiger partial charge in [-0.05, 0) is 43.7 Å². The Morgan fingerprint density at radius 1 is 1.48 bits per heavy atom. The minimum atomic E-state index is -0.277. The molecule has 2 rings (SSSR count). The van der Waals surface area contributed by atoms with E-state index in [0.717, 1.165) is 17.7 Å². The van der Waals surface area contributed by atoms with Gasteiger partial charge in [-0.15, -0.1) is 11.3 Å². The number of hydrogen-bond donors (Lipinski definition) is 0. The van der Waals surface area contributed by atoms with Crippen molar-refractivity contribution in [3.05, 3.63) is 21.4 Å². The van der Waals surface area contributed by atoms with Crippen LogP contribution in [0.3, 0.4) is 0 Å². The molecule has 1 atom stereocenters. The fourth-order valence-electron chi connectivity index (χ4n) is 2.70. The summed E-state index contributed by atoms with van der Waals surface area (Å²) in [6, 6.07) is 2.05. The van der Waals surface area contributed by atoms with Gasteiger partial charge < -0.3 is 9.64 Å². The highest BCUT2D eigenvalue weighted by molar-refractivity contribution is 7.14. The molecule has 4 nitrogen and oxygen atoms in total. The number of carbonyl (C=O) groups is 2. The number of methoxy groups -OCH3 is 1. The summed E-state index contributed by atoms with van der Waals surface area (Å²) in [6.45, 7) is 5.22. The monoisotopic (exact) mass is 309 g/mol. The minimum Gasteiger partial charge on any atom is -0.469 e. The zero-order valence-electron chi connectivity index (χ0n) is 13.0. The van der Waals surface area contributed by atoms with E-state index >= 15 is 0 Å². The molecular formula is C16H23NO3S. The van der Waals surface area contributed by atoms with Gasteiger partial charge in [-0.3, -0.25) is 9.59 Å². The van der Waals surface area contributed by atoms with Gasteiger partial charge in [0.15, 0.2) is 0 Å². The van der Waals surface area contributed by atoms with Crippen molar-refractivity contribution in [3.63, 3.8) is 0 Å². The van der Waals surface area contributed by atoms with Crippen LogP contribution < -0.4 is 0 Å². The first-order valence-corrected chi connectivity index (χ1v) is 8.34. The van der Waals surface area contributed by atoms with E-state index in [1.54, 1.807) is 16.2 Å². The summed E-state index contributed by atoms with van der Waals surface area (Å²) in [5.74, 6) is 0.464. The Hall–Kier alpha value is -1.36. The van der Waals surface area contributed by atoms with Gasteiger partial charge in [0.1, 0.15) is 0 Å². The number of thiophene rings is 1. The van der Waals surface area contributed by atoms with Crippen molar-refractivity contribution in [1.29, 1.82) is 0 Å². The van der Waals surface area contributed by atoms with E-state index in [0.29, 0.717) is 19.0 Å². The quantitative estimate of drug-likeness (QED) is 0.786. The first-order valence-electron chi connectivity index (χ1n) is 7.52. The maximum absolute atomic E-state index is 12.6. The van der Waals surface area contributed by atoms with Gasteiger partial charge in [0.05, 0.1) is 18.4 Å². The van der Waals surface area contributed by atoms with E-state index < -0.39 is 0 Å². The van der Waals surface area contributed by atoms with E-state index in [1.807, 2.05) is 6.92 Å². The van der Waals surface area contributed by atoms with E-state index in [1.165, 1.54) is 24.0 Å². The van der Waals surface area contributed by atoms with Gasteiger partial charge in [-0.25, -0.2) is 0 Å². The van der Waals surface area contributed by atoms with Gasteiger partial charge in [0.25, 0.3) is 5.91 Å². The molecule has 21 heavy (non-hydrogen) atoms. The predicted octanol–water partition coefficient (Wildman–Crippen LogP) is 2.90. The third kappa shape index (κ3) is 3.84. The van der Waals surface area contributed by atoms with Crippen LogP contribution in [0.15, 0.2) is 6.07 Å². The van der Waals surface area contributed by atoms with Crippen LogP contribution in [-0.4, -0.2) is 37.0 Å². The van der Waals surface area contributed by atoms with E-state index in [4.69, 9.17) is 0 Å². The van der Waals surface area contributed by atoms with E-state index in [-0.39, 0.29) is 18.3 Å². The molecule has 0 aliphatic heterocycles. The predicted molar refractivity (Wildman–Crippen MR) is 83.7 cm³/mol. The number of aryl methyl sites for hydroxylation is 1. The largest absolute Gasteiger partial charge is 0.469 e. The van der Waals surface area contributed by atoms with Crippen LogP contribution in [0, 0.1) is 5.92 Å². The van der Waals surface area contributed by atoms with Crippen LogP contribution in [0.5, 0.6) is 0 Å². The highest BCUT2D eigenvalue weighted by Crippen LogP contribution is 2.32. The average molecular weight is 309 g/mol. The van der Waals surface area contributed by atoms with Gasteiger partial charge >= 0.3 is 5.97 Å². The van der Waals surface area contributed by atoms with Crippen molar-refractivity contribution < 1.29 is 14.3 Å². The van der Waals surface area contributed by atoms with Crippen molar-refractivity contribution in [1.82, 2.24) is 4.90 Å². The van der Waals surface area contributed by atoms with Gasteiger partial charge in [0.2, 0.25) is 0 Å². The molecular weight excluding hydrogens is 286 g/mol. The molecule has 0 N–H and O–H groups in total. The van der Waals surface area contributed by atoms with Crippen LogP contribution in [0.4, 0.5) is 0 Å². The Morgan fingerprint density at radius 2 is 2.24 bits per heavy atom. The number of nitrogens with zero attached hydrogens (tertiary/aromatic N) is 1. The molecule has 0 spiro atoms. The van der Waals surface area contributed by atoms with Crippen LogP contribution in [0.1, 0.15) is 46.8 Å². The Labute approximate surface area is 130 Å². The van der Waals surface area contributed by atoms with Crippen LogP contribution in [0.2, 0.25) is 0 Å². The summed E-state index contributed by atoms with van der Waals surface area (Å²) in [7, 11) is 1.37. The molecule has 1 aliphatic rings. The molecule has 0 bridgehead atoms. The Kier molecular flexibility index (Phi) is 5.39. The molecule has 116 valence electrons. The SMILES string of the molecule is CCN(CCC(=O)OC)C(=O)c1cc2c(s1)CCC(C)C2. The number of esters is 1. The van der Waals surface area contributed by atoms with Crippen molar-refractivity contribution in [2.45, 2.75) is 39.5 Å². The normalized spacial score (nSPS) is 17.2. The molecule has 1 unspecified atom stereocenters. The summed E-state index contributed by atoms with van der Waals surface area (Å²) < 4.78 is 4.63. The second-order valence-electron chi connectivity index (χ2n) is 5.62. The van der Waals surface area contributed by atoms with E-state index in [2.05, 4.69) is 17.7 Å². The second-order valence-corrected chi connectivity index (χ2v) is 6.75. The van der Waals surface area contributed by atoms with E-state index in [9.17, 15) is 9.59 Å². The second kappa shape index (κ2) is 7.07. The third-order valence-corrected chi connectivity index (χ3v) is 5.25. The number of amides is 1. The van der Waals surface area contributed by atoms with Gasteiger partial charge in [0, 0.05) is 18.0 Å². The van der Waals surface area contributed by atoms with Crippen LogP contribution in [-0.2, 0) is 22.4 Å². The average Bonchev–Trinajstić information content (AvgIpc) is 2.90. The third-order valence-electron chi connectivity index (χ3n) is 4.02. The van der Waals surface area contributed by atoms with Crippen molar-refractivity contribution in [2.24, 2.45) is 5.92 Å². The van der Waals surface area contributed by atoms with Crippen LogP contribution >= 0.6 is 11.3 Å². The number of rotatable bonds is 5. The summed E-state index contributed by atoms with van der Waals surface area (Å²) in [4.78, 5) is 27.7. The number of carbonyl (C=O) groups excluding carboxylic acids is 2. The lowest BCUT2D eigenvalue weighted by atomic mass is 9.90. The zero-order valence-corrected chi connectivity index (χ0v) is 13.8. The van der Waals surface area contributed by atoms with Crippen molar-refractivity contribution in [3.8, 4) is 0 Å². The fourth-order valence-corrected chi connectivity index (χ4v) is 3.87. The highest BCUT2D eigenvalue weighted by Gasteiger charge is 2.23. The van der Waals surface area contributed by atoms with Gasteiger partial charge in [-0.2, -0.15) is 0 Å². The standard InChI is InChI=1S/C16H23NO3S/c1-4-17(8-7-15(18)20-3)16(19)14-10-12-9-11(2)5-6-13(12)21-14/h10-11H,4-9H2,1-3H3. The maximum Gasteiger partial charge on any atom is 0.307 e. The Morgan fingerprint density at radius 3 is 2.90 bits per heavy atom. The lowest BCUT2D eigenvalue weighted by Crippen LogP contribution is -2.32. The molecule has 1 aliphatic carbocycles. The van der Waals surface area contributed by atoms with Crippen molar-refractivity contribution in [2.75, 3.05) is 20.2 Å². The Bertz CT molecular complexity index is 524. The highest BCUT2D eigenvalue weighted by atomic mass is 32.1. The lowest BCUT2D eigenvalue weighted by molar-refractivity contribution is -0.140. The van der Waals surface area contributed by atoms with Crippen LogP contribution in [0.25, 0.3) is 0 Å². The molecule has 0 radical (unpaired) electrons. The molecule has 0 aromatic carbocycles. The molecule has 1 heterocycles. The molecule has 0 saturated carbocycles.